The van der Waals surface area contributed by atoms with Crippen molar-refractivity contribution in [3.63, 3.8) is 0 Å². The number of unbranched alkanes of at least 4 members (excludes halogenated alkanes) is 21. The van der Waals surface area contributed by atoms with Gasteiger partial charge in [0.05, 0.1) is 34.4 Å². The van der Waals surface area contributed by atoms with Crippen LogP contribution in [0.15, 0.2) is 12.2 Å². The normalized spacial score (nSPS) is 13.0. The molecule has 0 aliphatic carbocycles. The molecule has 9 heteroatoms. The van der Waals surface area contributed by atoms with Crippen LogP contribution in [-0.4, -0.2) is 87.4 Å². The van der Waals surface area contributed by atoms with Crippen molar-refractivity contribution >= 4 is 17.9 Å². The number of rotatable bonds is 38. The summed E-state index contributed by atoms with van der Waals surface area (Å²) in [7, 11) is 5.95. The van der Waals surface area contributed by atoms with Gasteiger partial charge in [-0.1, -0.05) is 148 Å². The van der Waals surface area contributed by atoms with E-state index in [0.717, 1.165) is 57.8 Å². The van der Waals surface area contributed by atoms with Crippen molar-refractivity contribution < 1.29 is 42.9 Å². The van der Waals surface area contributed by atoms with Crippen molar-refractivity contribution in [3.05, 3.63) is 12.2 Å². The highest BCUT2D eigenvalue weighted by molar-refractivity contribution is 5.71. The zero-order valence-electron chi connectivity index (χ0n) is 33.8. The van der Waals surface area contributed by atoms with Gasteiger partial charge in [0.2, 0.25) is 0 Å². The highest BCUT2D eigenvalue weighted by Gasteiger charge is 2.25. The number of quaternary nitrogens is 1. The molecule has 0 heterocycles. The van der Waals surface area contributed by atoms with Crippen LogP contribution < -0.4 is 0 Å². The summed E-state index contributed by atoms with van der Waals surface area (Å²) >= 11 is 0. The number of aliphatic carboxylic acids is 1. The van der Waals surface area contributed by atoms with Crippen molar-refractivity contribution in [2.45, 2.75) is 193 Å². The maximum absolute atomic E-state index is 12.7. The Hall–Kier alpha value is -1.97. The fourth-order valence-corrected chi connectivity index (χ4v) is 5.72. The minimum atomic E-state index is -1.50. The van der Waals surface area contributed by atoms with E-state index >= 15 is 0 Å². The van der Waals surface area contributed by atoms with Crippen LogP contribution in [0.5, 0.6) is 0 Å². The first-order valence-corrected chi connectivity index (χ1v) is 20.9. The molecule has 0 rings (SSSR count). The Labute approximate surface area is 313 Å². The summed E-state index contributed by atoms with van der Waals surface area (Å²) in [4.78, 5) is 36.9. The third-order valence-electron chi connectivity index (χ3n) is 9.00. The number of hydrogen-bond acceptors (Lipinski definition) is 7. The van der Waals surface area contributed by atoms with Crippen LogP contribution in [0.4, 0.5) is 0 Å². The highest BCUT2D eigenvalue weighted by atomic mass is 16.7. The van der Waals surface area contributed by atoms with Gasteiger partial charge in [0, 0.05) is 12.8 Å². The fraction of sp³-hybridized carbons (Fsp3) is 0.881. The Morgan fingerprint density at radius 3 is 1.53 bits per heavy atom. The molecule has 0 amide bonds. The molecule has 0 aromatic heterocycles. The average molecular weight is 727 g/mol. The first-order valence-electron chi connectivity index (χ1n) is 20.9. The van der Waals surface area contributed by atoms with E-state index in [1.807, 2.05) is 21.1 Å². The molecule has 2 unspecified atom stereocenters. The summed E-state index contributed by atoms with van der Waals surface area (Å²) in [5.41, 5.74) is 0. The van der Waals surface area contributed by atoms with Gasteiger partial charge in [-0.05, 0) is 32.1 Å². The van der Waals surface area contributed by atoms with Gasteiger partial charge in [-0.3, -0.25) is 9.59 Å². The number of carboxylic acids is 1. The number of carboxylic acid groups (broad SMARTS) is 1. The lowest BCUT2D eigenvalue weighted by atomic mass is 10.0. The number of ether oxygens (including phenoxy) is 4. The Morgan fingerprint density at radius 2 is 1.04 bits per heavy atom. The maximum Gasteiger partial charge on any atom is 0.361 e. The van der Waals surface area contributed by atoms with Gasteiger partial charge in [0.25, 0.3) is 6.29 Å². The number of hydrogen-bond donors (Lipinski definition) is 1. The SMILES string of the molecule is CCC/C=C\CCCCCCCC(=O)OC(COC(=O)CCCCCCCCCCCCCCCCCC)COC(OCC[N+](C)(C)C)C(=O)O. The van der Waals surface area contributed by atoms with E-state index in [1.54, 1.807) is 0 Å². The highest BCUT2D eigenvalue weighted by Crippen LogP contribution is 2.15. The third-order valence-corrected chi connectivity index (χ3v) is 9.00. The van der Waals surface area contributed by atoms with Crippen LogP contribution in [0, 0.1) is 0 Å². The Bertz CT molecular complexity index is 856. The molecule has 0 aliphatic heterocycles. The monoisotopic (exact) mass is 727 g/mol. The van der Waals surface area contributed by atoms with Gasteiger partial charge >= 0.3 is 17.9 Å². The van der Waals surface area contributed by atoms with Gasteiger partial charge in [0.1, 0.15) is 13.2 Å². The maximum atomic E-state index is 12.7. The lowest BCUT2D eigenvalue weighted by Crippen LogP contribution is -2.40. The summed E-state index contributed by atoms with van der Waals surface area (Å²) < 4.78 is 22.6. The number of esters is 2. The van der Waals surface area contributed by atoms with Crippen LogP contribution in [0.3, 0.4) is 0 Å². The van der Waals surface area contributed by atoms with E-state index in [-0.39, 0.29) is 32.2 Å². The number of allylic oxidation sites excluding steroid dienone is 2. The van der Waals surface area contributed by atoms with Crippen LogP contribution in [0.1, 0.15) is 181 Å². The molecule has 0 fully saturated rings. The third kappa shape index (κ3) is 36.2. The summed E-state index contributed by atoms with van der Waals surface area (Å²) in [5, 5.41) is 9.59. The Morgan fingerprint density at radius 1 is 0.569 bits per heavy atom. The lowest BCUT2D eigenvalue weighted by Gasteiger charge is -2.25. The predicted octanol–water partition coefficient (Wildman–Crippen LogP) is 10.3. The second-order valence-electron chi connectivity index (χ2n) is 15.3. The molecule has 0 saturated carbocycles. The van der Waals surface area contributed by atoms with Crippen molar-refractivity contribution in [2.75, 3.05) is 47.5 Å². The Balaban J connectivity index is 4.41. The van der Waals surface area contributed by atoms with E-state index in [0.29, 0.717) is 23.9 Å². The van der Waals surface area contributed by atoms with Gasteiger partial charge in [0.15, 0.2) is 6.10 Å². The van der Waals surface area contributed by atoms with Gasteiger partial charge < -0.3 is 28.5 Å². The zero-order valence-corrected chi connectivity index (χ0v) is 33.8. The zero-order chi connectivity index (χ0) is 37.8. The molecule has 300 valence electrons. The number of likely N-dealkylation sites (N-methyl/N-ethyl adjacent to an activating group) is 1. The summed E-state index contributed by atoms with van der Waals surface area (Å²) in [6, 6.07) is 0. The van der Waals surface area contributed by atoms with Crippen LogP contribution >= 0.6 is 0 Å². The molecule has 0 aromatic carbocycles. The smallest absolute Gasteiger partial charge is 0.361 e. The Kier molecular flexibility index (Phi) is 33.7. The fourth-order valence-electron chi connectivity index (χ4n) is 5.72. The van der Waals surface area contributed by atoms with Crippen molar-refractivity contribution in [3.8, 4) is 0 Å². The van der Waals surface area contributed by atoms with E-state index in [4.69, 9.17) is 18.9 Å². The van der Waals surface area contributed by atoms with Gasteiger partial charge in [-0.2, -0.15) is 0 Å². The minimum absolute atomic E-state index is 0.180. The molecule has 0 aromatic rings. The van der Waals surface area contributed by atoms with E-state index in [2.05, 4.69) is 26.0 Å². The molecule has 0 bridgehead atoms. The molecule has 0 spiro atoms. The topological polar surface area (TPSA) is 108 Å². The molecule has 0 aliphatic rings. The van der Waals surface area contributed by atoms with Crippen molar-refractivity contribution in [1.29, 1.82) is 0 Å². The standard InChI is InChI=1S/C42H79NO8/c1-6-8-10-12-14-16-18-19-20-21-22-23-25-26-28-30-32-39(44)49-36-38(37-50-42(41(46)47)48-35-34-43(3,4)5)51-40(45)33-31-29-27-24-17-15-13-11-9-7-2/h11,13,38,42H,6-10,12,14-37H2,1-5H3/p+1/b13-11-. The van der Waals surface area contributed by atoms with E-state index in [1.165, 1.54) is 89.9 Å². The minimum Gasteiger partial charge on any atom is -0.477 e. The summed E-state index contributed by atoms with van der Waals surface area (Å²) in [6.45, 7) is 4.80. The molecule has 9 nitrogen and oxygen atoms in total. The van der Waals surface area contributed by atoms with Crippen molar-refractivity contribution in [1.82, 2.24) is 0 Å². The molecule has 0 radical (unpaired) electrons. The first kappa shape index (κ1) is 49.0. The number of carbonyl (C=O) groups excluding carboxylic acids is 2. The largest absolute Gasteiger partial charge is 0.477 e. The molecular weight excluding hydrogens is 646 g/mol. The van der Waals surface area contributed by atoms with Crippen LogP contribution in [0.25, 0.3) is 0 Å². The average Bonchev–Trinajstić information content (AvgIpc) is 3.08. The van der Waals surface area contributed by atoms with Gasteiger partial charge in [-0.25, -0.2) is 4.79 Å². The van der Waals surface area contributed by atoms with Gasteiger partial charge in [-0.15, -0.1) is 0 Å². The number of carbonyl (C=O) groups is 3. The summed E-state index contributed by atoms with van der Waals surface area (Å²) in [6.07, 6.45) is 31.3. The quantitative estimate of drug-likeness (QED) is 0.0220. The molecular formula is C42H80NO8+. The lowest BCUT2D eigenvalue weighted by molar-refractivity contribution is -0.870. The first-order chi connectivity index (χ1) is 24.6. The van der Waals surface area contributed by atoms with Crippen LogP contribution in [-0.2, 0) is 33.3 Å². The molecule has 1 N–H and O–H groups in total. The number of nitrogens with zero attached hydrogens (tertiary/aromatic N) is 1. The molecule has 51 heavy (non-hydrogen) atoms. The van der Waals surface area contributed by atoms with Crippen LogP contribution in [0.2, 0.25) is 0 Å². The molecule has 2 atom stereocenters. The van der Waals surface area contributed by atoms with Crippen molar-refractivity contribution in [2.24, 2.45) is 0 Å². The molecule has 0 saturated heterocycles. The second-order valence-corrected chi connectivity index (χ2v) is 15.3. The second kappa shape index (κ2) is 35.1. The predicted molar refractivity (Wildman–Crippen MR) is 208 cm³/mol. The van der Waals surface area contributed by atoms with E-state index in [9.17, 15) is 19.5 Å². The summed E-state index contributed by atoms with van der Waals surface area (Å²) in [5.74, 6) is -2.01. The van der Waals surface area contributed by atoms with E-state index < -0.39 is 24.3 Å².